The van der Waals surface area contributed by atoms with E-state index >= 15 is 0 Å². The van der Waals surface area contributed by atoms with E-state index < -0.39 is 6.10 Å². The van der Waals surface area contributed by atoms with Crippen LogP contribution in [0.4, 0.5) is 0 Å². The van der Waals surface area contributed by atoms with Gasteiger partial charge >= 0.3 is 0 Å². The summed E-state index contributed by atoms with van der Waals surface area (Å²) in [5.41, 5.74) is 3.71. The minimum Gasteiger partial charge on any atom is -0.380 e. The number of aryl methyl sites for hydroxylation is 2. The quantitative estimate of drug-likeness (QED) is 0.663. The average Bonchev–Trinajstić information content (AvgIpc) is 3.38. The number of aromatic amines is 1. The van der Waals surface area contributed by atoms with E-state index in [1.165, 1.54) is 6.42 Å². The molecule has 0 spiro atoms. The molecule has 2 N–H and O–H groups in total. The Morgan fingerprint density at radius 1 is 1.33 bits per heavy atom. The van der Waals surface area contributed by atoms with E-state index in [-0.39, 0.29) is 0 Å². The topological polar surface area (TPSA) is 87.8 Å². The van der Waals surface area contributed by atoms with E-state index in [0.29, 0.717) is 5.69 Å². The Morgan fingerprint density at radius 2 is 2.22 bits per heavy atom. The van der Waals surface area contributed by atoms with E-state index in [2.05, 4.69) is 32.0 Å². The van der Waals surface area contributed by atoms with Crippen LogP contribution in [0.5, 0.6) is 0 Å². The van der Waals surface area contributed by atoms with Crippen molar-refractivity contribution in [2.24, 2.45) is 7.05 Å². The van der Waals surface area contributed by atoms with Crippen LogP contribution in [0.1, 0.15) is 54.5 Å². The molecule has 3 aromatic rings. The molecule has 0 amide bonds. The fourth-order valence-electron chi connectivity index (χ4n) is 3.61. The van der Waals surface area contributed by atoms with Crippen molar-refractivity contribution >= 4 is 0 Å². The van der Waals surface area contributed by atoms with Crippen LogP contribution < -0.4 is 0 Å². The second kappa shape index (κ2) is 7.66. The highest BCUT2D eigenvalue weighted by atomic mass is 16.3. The molecular formula is C19H27N7O. The van der Waals surface area contributed by atoms with Gasteiger partial charge in [-0.1, -0.05) is 13.3 Å². The summed E-state index contributed by atoms with van der Waals surface area (Å²) in [6.45, 7) is 5.61. The monoisotopic (exact) mass is 369 g/mol. The van der Waals surface area contributed by atoms with Gasteiger partial charge in [0.25, 0.3) is 0 Å². The van der Waals surface area contributed by atoms with Crippen molar-refractivity contribution in [2.75, 3.05) is 6.54 Å². The second-order valence-corrected chi connectivity index (χ2v) is 7.24. The smallest absolute Gasteiger partial charge is 0.139 e. The Balaban J connectivity index is 1.42. The molecular weight excluding hydrogens is 342 g/mol. The molecule has 144 valence electrons. The molecule has 4 heterocycles. The first-order chi connectivity index (χ1) is 13.1. The molecule has 1 atom stereocenters. The lowest BCUT2D eigenvalue weighted by atomic mass is 10.1. The van der Waals surface area contributed by atoms with Gasteiger partial charge in [-0.15, -0.1) is 0 Å². The number of aromatic nitrogens is 6. The third-order valence-corrected chi connectivity index (χ3v) is 5.16. The largest absolute Gasteiger partial charge is 0.380 e. The molecule has 0 saturated carbocycles. The van der Waals surface area contributed by atoms with Crippen molar-refractivity contribution in [3.05, 3.63) is 53.1 Å². The fraction of sp³-hybridized carbons (Fsp3) is 0.526. The van der Waals surface area contributed by atoms with E-state index in [0.717, 1.165) is 61.9 Å². The molecule has 8 heteroatoms. The zero-order chi connectivity index (χ0) is 18.8. The molecule has 0 saturated heterocycles. The lowest BCUT2D eigenvalue weighted by Crippen LogP contribution is -2.33. The van der Waals surface area contributed by atoms with Gasteiger partial charge in [0.15, 0.2) is 0 Å². The number of H-pyrrole nitrogens is 1. The first kappa shape index (κ1) is 17.9. The van der Waals surface area contributed by atoms with Gasteiger partial charge in [-0.25, -0.2) is 4.98 Å². The first-order valence-electron chi connectivity index (χ1n) is 9.61. The number of rotatable bonds is 7. The highest BCUT2D eigenvalue weighted by molar-refractivity contribution is 5.22. The van der Waals surface area contributed by atoms with Crippen molar-refractivity contribution in [1.29, 1.82) is 0 Å². The summed E-state index contributed by atoms with van der Waals surface area (Å²) in [7, 11) is 1.83. The summed E-state index contributed by atoms with van der Waals surface area (Å²) in [4.78, 5) is 10.3. The molecule has 3 aromatic heterocycles. The van der Waals surface area contributed by atoms with Crippen molar-refractivity contribution in [2.45, 2.75) is 51.9 Å². The van der Waals surface area contributed by atoms with Crippen LogP contribution in [0.15, 0.2) is 24.5 Å². The number of hydrogen-bond donors (Lipinski definition) is 2. The highest BCUT2D eigenvalue weighted by Crippen LogP contribution is 2.23. The number of aliphatic hydroxyl groups excluding tert-OH is 1. The summed E-state index contributed by atoms with van der Waals surface area (Å²) >= 11 is 0. The summed E-state index contributed by atoms with van der Waals surface area (Å²) < 4.78 is 3.69. The van der Waals surface area contributed by atoms with Gasteiger partial charge in [-0.05, 0) is 18.6 Å². The lowest BCUT2D eigenvalue weighted by Gasteiger charge is -2.26. The molecule has 0 radical (unpaired) electrons. The summed E-state index contributed by atoms with van der Waals surface area (Å²) in [5, 5.41) is 19.4. The molecule has 0 aliphatic carbocycles. The van der Waals surface area contributed by atoms with Crippen LogP contribution in [0.25, 0.3) is 0 Å². The molecule has 0 bridgehead atoms. The molecule has 0 unspecified atom stereocenters. The van der Waals surface area contributed by atoms with Crippen LogP contribution in [0, 0.1) is 0 Å². The van der Waals surface area contributed by atoms with Crippen LogP contribution in [0.3, 0.4) is 0 Å². The van der Waals surface area contributed by atoms with Gasteiger partial charge in [0.1, 0.15) is 11.9 Å². The minimum absolute atomic E-state index is 0.679. The zero-order valence-corrected chi connectivity index (χ0v) is 16.0. The standard InChI is InChI=1S/C19H27N7O/c1-3-4-5-18-20-11-14(22-18)12-25-8-9-26-15(13-25)10-16(23-26)19(27)17-6-7-21-24(17)2/h6-7,10-11,19,27H,3-5,8-9,12-13H2,1-2H3,(H,20,22)/t19-/m1/s1. The number of nitrogens with zero attached hydrogens (tertiary/aromatic N) is 6. The third kappa shape index (κ3) is 3.81. The maximum atomic E-state index is 10.6. The molecule has 0 fully saturated rings. The van der Waals surface area contributed by atoms with E-state index in [1.807, 2.05) is 30.1 Å². The normalized spacial score (nSPS) is 15.8. The summed E-state index contributed by atoms with van der Waals surface area (Å²) in [6, 6.07) is 3.83. The second-order valence-electron chi connectivity index (χ2n) is 7.24. The van der Waals surface area contributed by atoms with Crippen molar-refractivity contribution in [1.82, 2.24) is 34.4 Å². The Labute approximate surface area is 158 Å². The Bertz CT molecular complexity index is 894. The van der Waals surface area contributed by atoms with Crippen molar-refractivity contribution < 1.29 is 5.11 Å². The Kier molecular flexibility index (Phi) is 5.09. The average molecular weight is 369 g/mol. The van der Waals surface area contributed by atoms with Gasteiger partial charge in [-0.2, -0.15) is 10.2 Å². The SMILES string of the molecule is CCCCc1ncc(CN2CCn3nc([C@@H](O)c4ccnn4C)cc3C2)[nH]1. The number of imidazole rings is 1. The fourth-order valence-corrected chi connectivity index (χ4v) is 3.61. The predicted octanol–water partition coefficient (Wildman–Crippen LogP) is 1.78. The van der Waals surface area contributed by atoms with E-state index in [9.17, 15) is 5.11 Å². The molecule has 1 aliphatic rings. The number of aliphatic hydroxyl groups is 1. The maximum absolute atomic E-state index is 10.6. The molecule has 0 aromatic carbocycles. The summed E-state index contributed by atoms with van der Waals surface area (Å²) in [6.07, 6.45) is 6.25. The molecule has 4 rings (SSSR count). The number of hydrogen-bond acceptors (Lipinski definition) is 5. The number of nitrogens with one attached hydrogen (secondary N) is 1. The van der Waals surface area contributed by atoms with Crippen LogP contribution in [0.2, 0.25) is 0 Å². The maximum Gasteiger partial charge on any atom is 0.139 e. The minimum atomic E-state index is -0.752. The number of unbranched alkanes of at least 4 members (excludes halogenated alkanes) is 1. The van der Waals surface area contributed by atoms with E-state index in [1.54, 1.807) is 10.9 Å². The Hall–Kier alpha value is -2.45. The van der Waals surface area contributed by atoms with Crippen LogP contribution >= 0.6 is 0 Å². The molecule has 27 heavy (non-hydrogen) atoms. The lowest BCUT2D eigenvalue weighted by molar-refractivity contribution is 0.195. The van der Waals surface area contributed by atoms with Gasteiger partial charge < -0.3 is 10.1 Å². The molecule has 1 aliphatic heterocycles. The van der Waals surface area contributed by atoms with Gasteiger partial charge in [0.05, 0.1) is 23.6 Å². The van der Waals surface area contributed by atoms with Crippen LogP contribution in [-0.4, -0.2) is 46.1 Å². The van der Waals surface area contributed by atoms with Crippen LogP contribution in [-0.2, 0) is 33.1 Å². The summed E-state index contributed by atoms with van der Waals surface area (Å²) in [5.74, 6) is 1.08. The van der Waals surface area contributed by atoms with E-state index in [4.69, 9.17) is 0 Å². The first-order valence-corrected chi connectivity index (χ1v) is 9.61. The van der Waals surface area contributed by atoms with Crippen molar-refractivity contribution in [3.63, 3.8) is 0 Å². The van der Waals surface area contributed by atoms with Gasteiger partial charge in [0.2, 0.25) is 0 Å². The van der Waals surface area contributed by atoms with Gasteiger partial charge in [-0.3, -0.25) is 14.3 Å². The highest BCUT2D eigenvalue weighted by Gasteiger charge is 2.23. The van der Waals surface area contributed by atoms with Gasteiger partial charge in [0, 0.05) is 51.2 Å². The zero-order valence-electron chi connectivity index (χ0n) is 16.0. The predicted molar refractivity (Wildman–Crippen MR) is 101 cm³/mol. The molecule has 8 nitrogen and oxygen atoms in total. The third-order valence-electron chi connectivity index (χ3n) is 5.16. The van der Waals surface area contributed by atoms with Crippen molar-refractivity contribution in [3.8, 4) is 0 Å². The number of fused-ring (bicyclic) bond motifs is 1. The Morgan fingerprint density at radius 3 is 3.00 bits per heavy atom.